The fourth-order valence-electron chi connectivity index (χ4n) is 5.62. The molecule has 0 atom stereocenters. The number of aromatic nitrogens is 3. The third-order valence-corrected chi connectivity index (χ3v) is 7.76. The number of nitrogens with zero attached hydrogens (tertiary/aromatic N) is 3. The lowest BCUT2D eigenvalue weighted by Crippen LogP contribution is -2.00. The predicted octanol–water partition coefficient (Wildman–Crippen LogP) is 10.1. The SMILES string of the molecule is c1ccc(-c2cccc(-c3ccc(-c4nc(-c5ccccc5)nc(-c5cccc6oc7ccccc7c56)n4)cc3)c2)cc1. The monoisotopic (exact) mass is 551 g/mol. The second kappa shape index (κ2) is 10.5. The minimum absolute atomic E-state index is 0.612. The molecule has 0 aliphatic carbocycles. The fraction of sp³-hybridized carbons (Fsp3) is 0. The first kappa shape index (κ1) is 24.9. The highest BCUT2D eigenvalue weighted by Crippen LogP contribution is 2.36. The Kier molecular flexibility index (Phi) is 6.08. The van der Waals surface area contributed by atoms with Crippen molar-refractivity contribution in [2.45, 2.75) is 0 Å². The lowest BCUT2D eigenvalue weighted by atomic mass is 9.98. The molecule has 0 saturated heterocycles. The van der Waals surface area contributed by atoms with Crippen LogP contribution in [0.1, 0.15) is 0 Å². The van der Waals surface area contributed by atoms with Crippen LogP contribution in [0.2, 0.25) is 0 Å². The lowest BCUT2D eigenvalue weighted by Gasteiger charge is -2.10. The normalized spacial score (nSPS) is 11.3. The molecule has 0 spiro atoms. The van der Waals surface area contributed by atoms with Gasteiger partial charge in [-0.15, -0.1) is 0 Å². The molecule has 202 valence electrons. The first-order valence-corrected chi connectivity index (χ1v) is 14.3. The van der Waals surface area contributed by atoms with Crippen LogP contribution in [0.15, 0.2) is 156 Å². The first-order valence-electron chi connectivity index (χ1n) is 14.3. The van der Waals surface area contributed by atoms with Crippen molar-refractivity contribution in [1.29, 1.82) is 0 Å². The fourth-order valence-corrected chi connectivity index (χ4v) is 5.62. The van der Waals surface area contributed by atoms with E-state index in [-0.39, 0.29) is 0 Å². The molecule has 8 rings (SSSR count). The summed E-state index contributed by atoms with van der Waals surface area (Å²) in [4.78, 5) is 14.9. The number of benzene rings is 6. The second-order valence-electron chi connectivity index (χ2n) is 10.5. The molecule has 0 radical (unpaired) electrons. The summed E-state index contributed by atoms with van der Waals surface area (Å²) in [5, 5.41) is 2.04. The maximum atomic E-state index is 6.16. The van der Waals surface area contributed by atoms with E-state index in [1.54, 1.807) is 0 Å². The molecular weight excluding hydrogens is 526 g/mol. The number of para-hydroxylation sites is 1. The van der Waals surface area contributed by atoms with Crippen molar-refractivity contribution >= 4 is 21.9 Å². The van der Waals surface area contributed by atoms with Crippen LogP contribution in [0.3, 0.4) is 0 Å². The summed E-state index contributed by atoms with van der Waals surface area (Å²) in [6.07, 6.45) is 0. The number of furan rings is 1. The number of hydrogen-bond acceptors (Lipinski definition) is 4. The van der Waals surface area contributed by atoms with Crippen molar-refractivity contribution in [2.24, 2.45) is 0 Å². The quantitative estimate of drug-likeness (QED) is 0.214. The molecular formula is C39H25N3O. The van der Waals surface area contributed by atoms with Crippen molar-refractivity contribution in [1.82, 2.24) is 15.0 Å². The van der Waals surface area contributed by atoms with Crippen LogP contribution >= 0.6 is 0 Å². The molecule has 0 amide bonds. The van der Waals surface area contributed by atoms with Gasteiger partial charge in [0.25, 0.3) is 0 Å². The van der Waals surface area contributed by atoms with Crippen molar-refractivity contribution in [3.05, 3.63) is 152 Å². The van der Waals surface area contributed by atoms with Crippen LogP contribution in [0.4, 0.5) is 0 Å². The Labute approximate surface area is 249 Å². The van der Waals surface area contributed by atoms with Crippen LogP contribution in [0.5, 0.6) is 0 Å². The van der Waals surface area contributed by atoms with Crippen LogP contribution < -0.4 is 0 Å². The van der Waals surface area contributed by atoms with Gasteiger partial charge < -0.3 is 4.42 Å². The molecule has 8 aromatic rings. The Balaban J connectivity index is 1.24. The van der Waals surface area contributed by atoms with Gasteiger partial charge in [-0.3, -0.25) is 0 Å². The Morgan fingerprint density at radius 3 is 1.56 bits per heavy atom. The molecule has 4 nitrogen and oxygen atoms in total. The van der Waals surface area contributed by atoms with Gasteiger partial charge in [0.15, 0.2) is 17.5 Å². The van der Waals surface area contributed by atoms with Crippen molar-refractivity contribution in [2.75, 3.05) is 0 Å². The predicted molar refractivity (Wildman–Crippen MR) is 174 cm³/mol. The molecule has 6 aromatic carbocycles. The zero-order valence-corrected chi connectivity index (χ0v) is 23.2. The van der Waals surface area contributed by atoms with Crippen LogP contribution in [-0.4, -0.2) is 15.0 Å². The van der Waals surface area contributed by atoms with Gasteiger partial charge in [0.1, 0.15) is 11.2 Å². The van der Waals surface area contributed by atoms with E-state index < -0.39 is 0 Å². The van der Waals surface area contributed by atoms with Crippen molar-refractivity contribution < 1.29 is 4.42 Å². The number of rotatable bonds is 5. The Morgan fingerprint density at radius 1 is 0.349 bits per heavy atom. The van der Waals surface area contributed by atoms with E-state index in [0.717, 1.165) is 49.8 Å². The molecule has 2 heterocycles. The van der Waals surface area contributed by atoms with Crippen LogP contribution in [-0.2, 0) is 0 Å². The highest BCUT2D eigenvalue weighted by molar-refractivity contribution is 6.11. The van der Waals surface area contributed by atoms with Gasteiger partial charge in [-0.2, -0.15) is 0 Å². The molecule has 0 unspecified atom stereocenters. The van der Waals surface area contributed by atoms with Gasteiger partial charge in [-0.25, -0.2) is 15.0 Å². The molecule has 0 bridgehead atoms. The van der Waals surface area contributed by atoms with Crippen molar-refractivity contribution in [3.8, 4) is 56.4 Å². The maximum absolute atomic E-state index is 6.16. The van der Waals surface area contributed by atoms with E-state index in [0.29, 0.717) is 17.5 Å². The molecule has 0 aliphatic heterocycles. The molecule has 0 aliphatic rings. The van der Waals surface area contributed by atoms with E-state index in [9.17, 15) is 0 Å². The average molecular weight is 552 g/mol. The Morgan fingerprint density at radius 2 is 0.837 bits per heavy atom. The van der Waals surface area contributed by atoms with Gasteiger partial charge in [-0.1, -0.05) is 133 Å². The van der Waals surface area contributed by atoms with E-state index in [1.807, 2.05) is 66.7 Å². The summed E-state index contributed by atoms with van der Waals surface area (Å²) in [6.45, 7) is 0. The molecule has 43 heavy (non-hydrogen) atoms. The minimum atomic E-state index is 0.612. The Hall–Kier alpha value is -5.87. The molecule has 0 N–H and O–H groups in total. The summed E-state index contributed by atoms with van der Waals surface area (Å²) in [5.41, 5.74) is 9.11. The topological polar surface area (TPSA) is 51.8 Å². The molecule has 0 saturated carbocycles. The number of fused-ring (bicyclic) bond motifs is 3. The molecule has 2 aromatic heterocycles. The number of hydrogen-bond donors (Lipinski definition) is 0. The van der Waals surface area contributed by atoms with Gasteiger partial charge in [0, 0.05) is 27.5 Å². The summed E-state index contributed by atoms with van der Waals surface area (Å²) in [7, 11) is 0. The average Bonchev–Trinajstić information content (AvgIpc) is 3.48. The van der Waals surface area contributed by atoms with E-state index >= 15 is 0 Å². The van der Waals surface area contributed by atoms with Gasteiger partial charge >= 0.3 is 0 Å². The third kappa shape index (κ3) is 4.65. The summed E-state index contributed by atoms with van der Waals surface area (Å²) in [5.74, 6) is 1.86. The third-order valence-electron chi connectivity index (χ3n) is 7.76. The zero-order chi connectivity index (χ0) is 28.6. The summed E-state index contributed by atoms with van der Waals surface area (Å²) >= 11 is 0. The van der Waals surface area contributed by atoms with Gasteiger partial charge in [0.05, 0.1) is 0 Å². The largest absolute Gasteiger partial charge is 0.456 e. The molecule has 4 heteroatoms. The van der Waals surface area contributed by atoms with E-state index in [4.69, 9.17) is 19.4 Å². The Bertz CT molecular complexity index is 2220. The van der Waals surface area contributed by atoms with Gasteiger partial charge in [0.2, 0.25) is 0 Å². The highest BCUT2D eigenvalue weighted by atomic mass is 16.3. The first-order chi connectivity index (χ1) is 21.3. The summed E-state index contributed by atoms with van der Waals surface area (Å²) < 4.78 is 6.16. The van der Waals surface area contributed by atoms with Crippen molar-refractivity contribution in [3.63, 3.8) is 0 Å². The zero-order valence-electron chi connectivity index (χ0n) is 23.2. The lowest BCUT2D eigenvalue weighted by molar-refractivity contribution is 0.669. The smallest absolute Gasteiger partial charge is 0.164 e. The van der Waals surface area contributed by atoms with E-state index in [1.165, 1.54) is 11.1 Å². The maximum Gasteiger partial charge on any atom is 0.164 e. The summed E-state index contributed by atoms with van der Waals surface area (Å²) in [6, 6.07) is 51.7. The highest BCUT2D eigenvalue weighted by Gasteiger charge is 2.17. The standard InChI is InChI=1S/C39H25N3O/c1-3-11-26(12-4-1)30-15-9-16-31(25-30)27-21-23-29(24-22-27)38-40-37(28-13-5-2-6-14-28)41-39(42-38)33-18-10-20-35-36(33)32-17-7-8-19-34(32)43-35/h1-25H. The van der Waals surface area contributed by atoms with E-state index in [2.05, 4.69) is 84.9 Å². The molecule has 0 fully saturated rings. The van der Waals surface area contributed by atoms with Gasteiger partial charge in [-0.05, 0) is 40.5 Å². The van der Waals surface area contributed by atoms with Crippen LogP contribution in [0, 0.1) is 0 Å². The minimum Gasteiger partial charge on any atom is -0.456 e. The van der Waals surface area contributed by atoms with Crippen LogP contribution in [0.25, 0.3) is 78.4 Å². The second-order valence-corrected chi connectivity index (χ2v) is 10.5.